The topological polar surface area (TPSA) is 41.6 Å². The largest absolute Gasteiger partial charge is 0.444 e. The van der Waals surface area contributed by atoms with Crippen LogP contribution < -0.4 is 9.62 Å². The number of amides is 1. The van der Waals surface area contributed by atoms with Crippen molar-refractivity contribution < 1.29 is 9.53 Å². The first-order valence-corrected chi connectivity index (χ1v) is 7.48. The van der Waals surface area contributed by atoms with Crippen molar-refractivity contribution in [3.05, 3.63) is 53.6 Å². The van der Waals surface area contributed by atoms with Crippen LogP contribution in [-0.4, -0.2) is 13.1 Å². The van der Waals surface area contributed by atoms with Crippen molar-refractivity contribution in [2.45, 2.75) is 18.4 Å². The summed E-state index contributed by atoms with van der Waals surface area (Å²) >= 11 is 1.53. The molecule has 0 spiro atoms. The maximum absolute atomic E-state index is 11.6. The van der Waals surface area contributed by atoms with Gasteiger partial charge in [-0.1, -0.05) is 18.2 Å². The Hall–Kier alpha value is -2.14. The van der Waals surface area contributed by atoms with Gasteiger partial charge < -0.3 is 9.46 Å². The van der Waals surface area contributed by atoms with Crippen LogP contribution in [0.25, 0.3) is 0 Å². The Labute approximate surface area is 128 Å². The summed E-state index contributed by atoms with van der Waals surface area (Å²) in [4.78, 5) is 14.2. The number of anilines is 2. The first-order chi connectivity index (χ1) is 10.1. The fraction of sp³-hybridized carbons (Fsp3) is 0.188. The third-order valence-corrected chi connectivity index (χ3v) is 4.18. The van der Waals surface area contributed by atoms with Gasteiger partial charge in [0.1, 0.15) is 6.61 Å². The van der Waals surface area contributed by atoms with Crippen LogP contribution in [0.1, 0.15) is 11.1 Å². The molecule has 1 aliphatic rings. The van der Waals surface area contributed by atoms with E-state index in [4.69, 9.17) is 4.74 Å². The second-order valence-electron chi connectivity index (χ2n) is 4.98. The van der Waals surface area contributed by atoms with Gasteiger partial charge >= 0.3 is 6.09 Å². The van der Waals surface area contributed by atoms with Crippen LogP contribution in [0, 0.1) is 6.92 Å². The summed E-state index contributed by atoms with van der Waals surface area (Å²) in [5.74, 6) is 0. The molecule has 1 heterocycles. The number of hydrogen-bond acceptors (Lipinski definition) is 4. The summed E-state index contributed by atoms with van der Waals surface area (Å²) in [6.45, 7) is 2.41. The van der Waals surface area contributed by atoms with E-state index < -0.39 is 0 Å². The minimum absolute atomic E-state index is 0.309. The summed E-state index contributed by atoms with van der Waals surface area (Å²) < 4.78 is 8.38. The molecular formula is C16H16N2O2S. The van der Waals surface area contributed by atoms with Crippen molar-refractivity contribution in [1.82, 2.24) is 0 Å². The van der Waals surface area contributed by atoms with Gasteiger partial charge in [-0.3, -0.25) is 4.90 Å². The lowest BCUT2D eigenvalue weighted by molar-refractivity contribution is 0.143. The quantitative estimate of drug-likeness (QED) is 0.863. The van der Waals surface area contributed by atoms with Gasteiger partial charge in [0.2, 0.25) is 0 Å². The zero-order valence-corrected chi connectivity index (χ0v) is 12.7. The van der Waals surface area contributed by atoms with Crippen molar-refractivity contribution in [3.63, 3.8) is 0 Å². The minimum Gasteiger partial charge on any atom is -0.444 e. The Morgan fingerprint density at radius 2 is 2.10 bits per heavy atom. The van der Waals surface area contributed by atoms with Crippen LogP contribution in [0.4, 0.5) is 16.2 Å². The second kappa shape index (κ2) is 5.69. The highest BCUT2D eigenvalue weighted by atomic mass is 32.2. The Bertz CT molecular complexity index is 688. The van der Waals surface area contributed by atoms with Crippen molar-refractivity contribution in [2.75, 3.05) is 16.7 Å². The molecule has 0 radical (unpaired) electrons. The number of nitrogens with zero attached hydrogens (tertiary/aromatic N) is 1. The van der Waals surface area contributed by atoms with E-state index in [2.05, 4.69) is 23.8 Å². The summed E-state index contributed by atoms with van der Waals surface area (Å²) in [6.07, 6.45) is -0.309. The van der Waals surface area contributed by atoms with Gasteiger partial charge in [-0.2, -0.15) is 0 Å². The summed E-state index contributed by atoms with van der Waals surface area (Å²) in [5.41, 5.74) is 4.21. The second-order valence-corrected chi connectivity index (χ2v) is 5.86. The molecule has 0 fully saturated rings. The van der Waals surface area contributed by atoms with E-state index in [9.17, 15) is 4.79 Å². The first kappa shape index (κ1) is 13.8. The molecule has 2 aromatic carbocycles. The zero-order chi connectivity index (χ0) is 14.8. The Morgan fingerprint density at radius 3 is 2.90 bits per heavy atom. The first-order valence-electron chi connectivity index (χ1n) is 6.66. The number of carbonyl (C=O) groups is 1. The summed E-state index contributed by atoms with van der Waals surface area (Å²) in [6, 6.07) is 14.2. The smallest absolute Gasteiger partial charge is 0.414 e. The van der Waals surface area contributed by atoms with Gasteiger partial charge in [0, 0.05) is 23.2 Å². The predicted octanol–water partition coefficient (Wildman–Crippen LogP) is 4.20. The van der Waals surface area contributed by atoms with Crippen molar-refractivity contribution in [3.8, 4) is 0 Å². The van der Waals surface area contributed by atoms with Crippen molar-refractivity contribution >= 4 is 29.4 Å². The molecule has 0 saturated carbocycles. The fourth-order valence-electron chi connectivity index (χ4n) is 2.20. The Morgan fingerprint density at radius 1 is 1.24 bits per heavy atom. The van der Waals surface area contributed by atoms with E-state index in [1.165, 1.54) is 22.4 Å². The van der Waals surface area contributed by atoms with Gasteiger partial charge in [-0.05, 0) is 48.7 Å². The standard InChI is InChI=1S/C16H16N2O2S/c1-11-4-3-5-13(8-11)17-21-14-7-6-12-10-20-16(19)18(2)15(12)9-14/h3-9,17H,10H2,1-2H3. The molecule has 108 valence electrons. The highest BCUT2D eigenvalue weighted by molar-refractivity contribution is 8.00. The third-order valence-electron chi connectivity index (χ3n) is 3.35. The Balaban J connectivity index is 1.76. The number of nitrogens with one attached hydrogen (secondary N) is 1. The van der Waals surface area contributed by atoms with Crippen LogP contribution in [0.2, 0.25) is 0 Å². The molecule has 4 nitrogen and oxygen atoms in total. The van der Waals surface area contributed by atoms with Crippen LogP contribution in [0.15, 0.2) is 47.4 Å². The van der Waals surface area contributed by atoms with E-state index in [1.807, 2.05) is 30.3 Å². The summed E-state index contributed by atoms with van der Waals surface area (Å²) in [7, 11) is 1.72. The number of hydrogen-bond donors (Lipinski definition) is 1. The number of rotatable bonds is 3. The highest BCUT2D eigenvalue weighted by Gasteiger charge is 2.22. The molecule has 0 unspecified atom stereocenters. The SMILES string of the molecule is Cc1cccc(NSc2ccc3c(c2)N(C)C(=O)OC3)c1. The number of aryl methyl sites for hydroxylation is 1. The lowest BCUT2D eigenvalue weighted by Crippen LogP contribution is -2.31. The summed E-state index contributed by atoms with van der Waals surface area (Å²) in [5, 5.41) is 0. The van der Waals surface area contributed by atoms with Gasteiger partial charge in [0.05, 0.1) is 5.69 Å². The van der Waals surface area contributed by atoms with Crippen LogP contribution in [-0.2, 0) is 11.3 Å². The van der Waals surface area contributed by atoms with Crippen molar-refractivity contribution in [2.24, 2.45) is 0 Å². The van der Waals surface area contributed by atoms with Crippen LogP contribution in [0.3, 0.4) is 0 Å². The average molecular weight is 300 g/mol. The number of ether oxygens (including phenoxy) is 1. The fourth-order valence-corrected chi connectivity index (χ4v) is 2.87. The molecule has 0 bridgehead atoms. The predicted molar refractivity (Wildman–Crippen MR) is 85.7 cm³/mol. The molecule has 0 saturated heterocycles. The molecule has 1 N–H and O–H groups in total. The van der Waals surface area contributed by atoms with Gasteiger partial charge in [0.15, 0.2) is 0 Å². The molecule has 1 amide bonds. The third kappa shape index (κ3) is 2.97. The van der Waals surface area contributed by atoms with E-state index in [0.29, 0.717) is 6.61 Å². The number of cyclic esters (lactones) is 1. The molecule has 0 aliphatic carbocycles. The normalized spacial score (nSPS) is 13.6. The molecule has 0 aromatic heterocycles. The van der Waals surface area contributed by atoms with E-state index in [-0.39, 0.29) is 6.09 Å². The van der Waals surface area contributed by atoms with E-state index >= 15 is 0 Å². The van der Waals surface area contributed by atoms with E-state index in [1.54, 1.807) is 7.05 Å². The highest BCUT2D eigenvalue weighted by Crippen LogP contribution is 2.31. The molecular weight excluding hydrogens is 284 g/mol. The lowest BCUT2D eigenvalue weighted by atomic mass is 10.1. The average Bonchev–Trinajstić information content (AvgIpc) is 2.49. The molecule has 0 atom stereocenters. The Kier molecular flexibility index (Phi) is 3.75. The van der Waals surface area contributed by atoms with Crippen LogP contribution >= 0.6 is 11.9 Å². The maximum Gasteiger partial charge on any atom is 0.414 e. The zero-order valence-electron chi connectivity index (χ0n) is 11.9. The molecule has 1 aliphatic heterocycles. The number of fused-ring (bicyclic) bond motifs is 1. The van der Waals surface area contributed by atoms with Crippen LogP contribution in [0.5, 0.6) is 0 Å². The molecule has 21 heavy (non-hydrogen) atoms. The van der Waals surface area contributed by atoms with Gasteiger partial charge in [-0.25, -0.2) is 4.79 Å². The number of benzene rings is 2. The lowest BCUT2D eigenvalue weighted by Gasteiger charge is -2.25. The number of carbonyl (C=O) groups excluding carboxylic acids is 1. The van der Waals surface area contributed by atoms with Crippen molar-refractivity contribution in [1.29, 1.82) is 0 Å². The van der Waals surface area contributed by atoms with Gasteiger partial charge in [-0.15, -0.1) is 0 Å². The molecule has 5 heteroatoms. The van der Waals surface area contributed by atoms with Gasteiger partial charge in [0.25, 0.3) is 0 Å². The maximum atomic E-state index is 11.6. The molecule has 3 rings (SSSR count). The van der Waals surface area contributed by atoms with E-state index in [0.717, 1.165) is 21.8 Å². The molecule has 2 aromatic rings. The minimum atomic E-state index is -0.309. The monoisotopic (exact) mass is 300 g/mol.